The van der Waals surface area contributed by atoms with E-state index in [-0.39, 0.29) is 0 Å². The lowest BCUT2D eigenvalue weighted by molar-refractivity contribution is 0.870. The van der Waals surface area contributed by atoms with Gasteiger partial charge in [0.05, 0.1) is 16.6 Å². The van der Waals surface area contributed by atoms with Crippen molar-refractivity contribution in [2.24, 2.45) is 0 Å². The first-order chi connectivity index (χ1) is 18.9. The number of aromatic nitrogens is 2. The molecule has 38 heavy (non-hydrogen) atoms. The molecule has 2 heterocycles. The number of allylic oxidation sites excluding steroid dienone is 9. The Kier molecular flexibility index (Phi) is 4.94. The first kappa shape index (κ1) is 21.8. The van der Waals surface area contributed by atoms with Crippen molar-refractivity contribution in [3.8, 4) is 0 Å². The van der Waals surface area contributed by atoms with Gasteiger partial charge in [0.1, 0.15) is 0 Å². The van der Waals surface area contributed by atoms with Crippen LogP contribution in [0, 0.1) is 0 Å². The van der Waals surface area contributed by atoms with Crippen LogP contribution in [0.15, 0.2) is 103 Å². The quantitative estimate of drug-likeness (QED) is 0.238. The average Bonchev–Trinajstić information content (AvgIpc) is 3.50. The van der Waals surface area contributed by atoms with Gasteiger partial charge in [0, 0.05) is 38.8 Å². The topological polar surface area (TPSA) is 9.86 Å². The summed E-state index contributed by atoms with van der Waals surface area (Å²) < 4.78 is 4.99. The van der Waals surface area contributed by atoms with Crippen molar-refractivity contribution in [2.45, 2.75) is 38.5 Å². The van der Waals surface area contributed by atoms with Gasteiger partial charge in [-0.1, -0.05) is 66.8 Å². The zero-order valence-electron chi connectivity index (χ0n) is 21.5. The Morgan fingerprint density at radius 3 is 2.26 bits per heavy atom. The standard InChI is InChI=1S/C36H30N2/c1-3-11-27(12-4-1)37-33-17-9-7-15-29(33)31-23-25(19-21-35(31)37)26-20-22-36-32(24-26)30-16-8-10-18-34(30)38(36)28-13-5-2-6-14-28/h1,3,5,7-11,13-18,20,22-24H,2,4,6,12,19,21H2. The van der Waals surface area contributed by atoms with Crippen molar-refractivity contribution in [1.29, 1.82) is 0 Å². The summed E-state index contributed by atoms with van der Waals surface area (Å²) in [5.74, 6) is 0. The van der Waals surface area contributed by atoms with Crippen LogP contribution in [-0.4, -0.2) is 9.13 Å². The molecule has 2 heteroatoms. The molecule has 184 valence electrons. The summed E-state index contributed by atoms with van der Waals surface area (Å²) >= 11 is 0. The van der Waals surface area contributed by atoms with Crippen molar-refractivity contribution in [3.63, 3.8) is 0 Å². The summed E-state index contributed by atoms with van der Waals surface area (Å²) in [7, 11) is 0. The number of hydrogen-bond acceptors (Lipinski definition) is 0. The lowest BCUT2D eigenvalue weighted by atomic mass is 9.90. The van der Waals surface area contributed by atoms with Gasteiger partial charge in [-0.05, 0) is 92.2 Å². The minimum atomic E-state index is 1.06. The fourth-order valence-corrected chi connectivity index (χ4v) is 6.77. The van der Waals surface area contributed by atoms with Crippen molar-refractivity contribution < 1.29 is 0 Å². The Balaban J connectivity index is 1.30. The molecule has 5 aromatic rings. The van der Waals surface area contributed by atoms with Gasteiger partial charge in [-0.3, -0.25) is 0 Å². The Morgan fingerprint density at radius 1 is 0.632 bits per heavy atom. The fraction of sp³-hybridized carbons (Fsp3) is 0.167. The van der Waals surface area contributed by atoms with Crippen LogP contribution in [0.4, 0.5) is 0 Å². The van der Waals surface area contributed by atoms with Crippen molar-refractivity contribution in [3.05, 3.63) is 120 Å². The van der Waals surface area contributed by atoms with E-state index in [4.69, 9.17) is 0 Å². The molecular weight excluding hydrogens is 460 g/mol. The van der Waals surface area contributed by atoms with Crippen LogP contribution in [0.2, 0.25) is 0 Å². The van der Waals surface area contributed by atoms with Gasteiger partial charge in [-0.2, -0.15) is 0 Å². The molecule has 0 bridgehead atoms. The molecule has 0 aliphatic heterocycles. The summed E-state index contributed by atoms with van der Waals surface area (Å²) in [6, 6.07) is 24.9. The normalized spacial score (nSPS) is 17.1. The predicted octanol–water partition coefficient (Wildman–Crippen LogP) is 9.62. The molecule has 0 atom stereocenters. The molecule has 0 saturated heterocycles. The van der Waals surface area contributed by atoms with E-state index < -0.39 is 0 Å². The van der Waals surface area contributed by atoms with E-state index in [0.717, 1.165) is 38.5 Å². The van der Waals surface area contributed by atoms with E-state index in [2.05, 4.69) is 118 Å². The van der Waals surface area contributed by atoms with Crippen LogP contribution in [-0.2, 0) is 6.42 Å². The summed E-state index contributed by atoms with van der Waals surface area (Å²) in [6.45, 7) is 0. The van der Waals surface area contributed by atoms with E-state index in [9.17, 15) is 0 Å². The third-order valence-electron chi connectivity index (χ3n) is 8.52. The first-order valence-electron chi connectivity index (χ1n) is 14.0. The average molecular weight is 491 g/mol. The Morgan fingerprint density at radius 2 is 1.45 bits per heavy atom. The van der Waals surface area contributed by atoms with Gasteiger partial charge < -0.3 is 9.13 Å². The molecule has 0 spiro atoms. The number of para-hydroxylation sites is 2. The molecule has 3 aromatic carbocycles. The molecule has 0 radical (unpaired) electrons. The smallest absolute Gasteiger partial charge is 0.0541 e. The number of rotatable bonds is 3. The van der Waals surface area contributed by atoms with E-state index >= 15 is 0 Å². The molecule has 0 amide bonds. The maximum Gasteiger partial charge on any atom is 0.0541 e. The summed E-state index contributed by atoms with van der Waals surface area (Å²) in [4.78, 5) is 0. The molecule has 8 rings (SSSR count). The highest BCUT2D eigenvalue weighted by atomic mass is 15.0. The number of fused-ring (bicyclic) bond motifs is 6. The highest BCUT2D eigenvalue weighted by Crippen LogP contribution is 2.41. The number of nitrogens with zero attached hydrogens (tertiary/aromatic N) is 2. The second-order valence-electron chi connectivity index (χ2n) is 10.7. The van der Waals surface area contributed by atoms with Gasteiger partial charge in [-0.25, -0.2) is 0 Å². The van der Waals surface area contributed by atoms with E-state index in [1.165, 1.54) is 66.5 Å². The first-order valence-corrected chi connectivity index (χ1v) is 14.0. The lowest BCUT2D eigenvalue weighted by Gasteiger charge is -2.20. The van der Waals surface area contributed by atoms with E-state index in [0.29, 0.717) is 0 Å². The molecule has 3 aliphatic rings. The molecule has 0 saturated carbocycles. The molecule has 2 nitrogen and oxygen atoms in total. The van der Waals surface area contributed by atoms with E-state index in [1.807, 2.05) is 0 Å². The maximum atomic E-state index is 2.55. The SMILES string of the molecule is C1=CCCC(n2c3c(c4ccccc42)C=C(c2ccc4c(c2)c2ccccc2n4C2=CCCC=C2)CC3)=C1. The van der Waals surface area contributed by atoms with Gasteiger partial charge >= 0.3 is 0 Å². The van der Waals surface area contributed by atoms with Crippen LogP contribution in [0.3, 0.4) is 0 Å². The maximum absolute atomic E-state index is 2.55. The monoisotopic (exact) mass is 490 g/mol. The second kappa shape index (κ2) is 8.63. The minimum absolute atomic E-state index is 1.06. The van der Waals surface area contributed by atoms with Gasteiger partial charge in [0.15, 0.2) is 0 Å². The molecule has 0 N–H and O–H groups in total. The molecule has 3 aliphatic carbocycles. The van der Waals surface area contributed by atoms with Crippen LogP contribution in [0.5, 0.6) is 0 Å². The fourth-order valence-electron chi connectivity index (χ4n) is 6.77. The third-order valence-corrected chi connectivity index (χ3v) is 8.52. The Labute approximate surface area is 223 Å². The van der Waals surface area contributed by atoms with Crippen LogP contribution < -0.4 is 0 Å². The molecule has 0 unspecified atom stereocenters. The Hall–Kier alpha value is -4.30. The number of benzene rings is 3. The van der Waals surface area contributed by atoms with E-state index in [1.54, 1.807) is 0 Å². The van der Waals surface area contributed by atoms with Crippen LogP contribution in [0.25, 0.3) is 55.8 Å². The predicted molar refractivity (Wildman–Crippen MR) is 163 cm³/mol. The summed E-state index contributed by atoms with van der Waals surface area (Å²) in [5, 5.41) is 4.03. The van der Waals surface area contributed by atoms with Crippen LogP contribution >= 0.6 is 0 Å². The number of hydrogen-bond donors (Lipinski definition) is 0. The van der Waals surface area contributed by atoms with Crippen molar-refractivity contribution in [1.82, 2.24) is 9.13 Å². The van der Waals surface area contributed by atoms with Crippen LogP contribution in [0.1, 0.15) is 48.9 Å². The zero-order valence-corrected chi connectivity index (χ0v) is 21.5. The van der Waals surface area contributed by atoms with Gasteiger partial charge in [0.2, 0.25) is 0 Å². The zero-order chi connectivity index (χ0) is 25.1. The van der Waals surface area contributed by atoms with Gasteiger partial charge in [0.25, 0.3) is 0 Å². The highest BCUT2D eigenvalue weighted by molar-refractivity contribution is 6.11. The molecular formula is C36H30N2. The highest BCUT2D eigenvalue weighted by Gasteiger charge is 2.23. The largest absolute Gasteiger partial charge is 0.317 e. The minimum Gasteiger partial charge on any atom is -0.317 e. The lowest BCUT2D eigenvalue weighted by Crippen LogP contribution is -2.07. The van der Waals surface area contributed by atoms with Crippen molar-refractivity contribution >= 4 is 55.8 Å². The van der Waals surface area contributed by atoms with Gasteiger partial charge in [-0.15, -0.1) is 0 Å². The van der Waals surface area contributed by atoms with Crippen molar-refractivity contribution in [2.75, 3.05) is 0 Å². The molecule has 2 aromatic heterocycles. The Bertz CT molecular complexity index is 1910. The second-order valence-corrected chi connectivity index (χ2v) is 10.7. The molecule has 0 fully saturated rings. The third kappa shape index (κ3) is 3.26. The summed E-state index contributed by atoms with van der Waals surface area (Å²) in [5.41, 5.74) is 12.3. The summed E-state index contributed by atoms with van der Waals surface area (Å²) in [6.07, 6.45) is 22.8.